The molecule has 2 amide bonds. The molecule has 0 aliphatic heterocycles. The number of carbonyl (C=O) groups is 2. The number of rotatable bonds is 10. The number of hydrogen-bond donors (Lipinski definition) is 1. The zero-order valence-electron chi connectivity index (χ0n) is 18.2. The van der Waals surface area contributed by atoms with Crippen LogP contribution in [-0.2, 0) is 16.1 Å². The summed E-state index contributed by atoms with van der Waals surface area (Å²) >= 11 is 3.43. The molecule has 0 fully saturated rings. The summed E-state index contributed by atoms with van der Waals surface area (Å²) in [4.78, 5) is 27.2. The van der Waals surface area contributed by atoms with Crippen LogP contribution in [0.1, 0.15) is 44.7 Å². The molecule has 0 radical (unpaired) electrons. The van der Waals surface area contributed by atoms with Crippen LogP contribution in [-0.4, -0.2) is 35.4 Å². The molecule has 0 saturated carbocycles. The van der Waals surface area contributed by atoms with Crippen LogP contribution in [0, 0.1) is 6.92 Å². The van der Waals surface area contributed by atoms with Gasteiger partial charge in [0.15, 0.2) is 0 Å². The average Bonchev–Trinajstić information content (AvgIpc) is 2.71. The van der Waals surface area contributed by atoms with E-state index in [4.69, 9.17) is 4.74 Å². The standard InChI is InChI=1S/C24H31BrN2O3/c1-17(2)26-24(29)19(4)27(16-20-9-11-21(25)12-10-20)23(28)6-5-15-30-22-13-7-18(3)8-14-22/h7-14,17,19H,5-6,15-16H2,1-4H3,(H,26,29)/t19-/m1/s1. The second-order valence-corrected chi connectivity index (χ2v) is 8.67. The van der Waals surface area contributed by atoms with Crippen molar-refractivity contribution in [2.45, 2.75) is 59.2 Å². The van der Waals surface area contributed by atoms with Gasteiger partial charge in [-0.3, -0.25) is 9.59 Å². The molecule has 0 aliphatic rings. The predicted molar refractivity (Wildman–Crippen MR) is 123 cm³/mol. The molecule has 0 saturated heterocycles. The zero-order valence-corrected chi connectivity index (χ0v) is 19.7. The third-order valence-corrected chi connectivity index (χ3v) is 5.22. The summed E-state index contributed by atoms with van der Waals surface area (Å²) in [5, 5.41) is 2.90. The molecule has 0 spiro atoms. The quantitative estimate of drug-likeness (QED) is 0.500. The van der Waals surface area contributed by atoms with Crippen molar-refractivity contribution >= 4 is 27.7 Å². The summed E-state index contributed by atoms with van der Waals surface area (Å²) in [6, 6.07) is 15.1. The van der Waals surface area contributed by atoms with Gasteiger partial charge in [-0.05, 0) is 63.9 Å². The van der Waals surface area contributed by atoms with E-state index >= 15 is 0 Å². The number of halogens is 1. The highest BCUT2D eigenvalue weighted by molar-refractivity contribution is 9.10. The Balaban J connectivity index is 1.98. The lowest BCUT2D eigenvalue weighted by Crippen LogP contribution is -2.49. The Labute approximate surface area is 187 Å². The molecule has 30 heavy (non-hydrogen) atoms. The van der Waals surface area contributed by atoms with Crippen LogP contribution in [0.15, 0.2) is 53.0 Å². The Morgan fingerprint density at radius 2 is 1.67 bits per heavy atom. The maximum absolute atomic E-state index is 13.0. The van der Waals surface area contributed by atoms with Gasteiger partial charge in [-0.1, -0.05) is 45.8 Å². The fourth-order valence-corrected chi connectivity index (χ4v) is 3.23. The van der Waals surface area contributed by atoms with Gasteiger partial charge in [-0.2, -0.15) is 0 Å². The third kappa shape index (κ3) is 7.82. The van der Waals surface area contributed by atoms with E-state index in [9.17, 15) is 9.59 Å². The minimum absolute atomic E-state index is 0.0208. The van der Waals surface area contributed by atoms with Crippen molar-refractivity contribution in [3.63, 3.8) is 0 Å². The molecular weight excluding hydrogens is 444 g/mol. The number of aryl methyl sites for hydroxylation is 1. The normalized spacial score (nSPS) is 11.8. The topological polar surface area (TPSA) is 58.6 Å². The van der Waals surface area contributed by atoms with Crippen LogP contribution in [0.25, 0.3) is 0 Å². The molecule has 0 aliphatic carbocycles. The van der Waals surface area contributed by atoms with Gasteiger partial charge >= 0.3 is 0 Å². The predicted octanol–water partition coefficient (Wildman–Crippen LogP) is 4.86. The van der Waals surface area contributed by atoms with E-state index in [1.165, 1.54) is 5.56 Å². The molecule has 162 valence electrons. The van der Waals surface area contributed by atoms with Crippen molar-refractivity contribution in [1.29, 1.82) is 0 Å². The maximum Gasteiger partial charge on any atom is 0.242 e. The lowest BCUT2D eigenvalue weighted by atomic mass is 10.1. The van der Waals surface area contributed by atoms with Gasteiger partial charge in [0, 0.05) is 23.5 Å². The highest BCUT2D eigenvalue weighted by atomic mass is 79.9. The lowest BCUT2D eigenvalue weighted by Gasteiger charge is -2.29. The number of hydrogen-bond acceptors (Lipinski definition) is 3. The van der Waals surface area contributed by atoms with Crippen molar-refractivity contribution in [3.05, 3.63) is 64.1 Å². The molecule has 0 bridgehead atoms. The van der Waals surface area contributed by atoms with Gasteiger partial charge < -0.3 is 15.0 Å². The maximum atomic E-state index is 13.0. The summed E-state index contributed by atoms with van der Waals surface area (Å²) in [5.74, 6) is 0.590. The van der Waals surface area contributed by atoms with Crippen LogP contribution >= 0.6 is 15.9 Å². The fourth-order valence-electron chi connectivity index (χ4n) is 2.97. The summed E-state index contributed by atoms with van der Waals surface area (Å²) in [5.41, 5.74) is 2.15. The first-order valence-corrected chi connectivity index (χ1v) is 11.1. The van der Waals surface area contributed by atoms with E-state index in [1.807, 2.05) is 69.3 Å². The number of benzene rings is 2. The molecule has 5 nitrogen and oxygen atoms in total. The third-order valence-electron chi connectivity index (χ3n) is 4.69. The number of ether oxygens (including phenoxy) is 1. The summed E-state index contributed by atoms with van der Waals surface area (Å²) in [6.07, 6.45) is 0.907. The smallest absolute Gasteiger partial charge is 0.242 e. The molecule has 0 heterocycles. The van der Waals surface area contributed by atoms with Crippen LogP contribution in [0.4, 0.5) is 0 Å². The first-order valence-electron chi connectivity index (χ1n) is 10.3. The lowest BCUT2D eigenvalue weighted by molar-refractivity contribution is -0.141. The van der Waals surface area contributed by atoms with E-state index in [2.05, 4.69) is 21.2 Å². The van der Waals surface area contributed by atoms with Crippen LogP contribution < -0.4 is 10.1 Å². The number of carbonyl (C=O) groups excluding carboxylic acids is 2. The largest absolute Gasteiger partial charge is 0.494 e. The number of amides is 2. The van der Waals surface area contributed by atoms with Crippen molar-refractivity contribution in [1.82, 2.24) is 10.2 Å². The molecule has 0 unspecified atom stereocenters. The van der Waals surface area contributed by atoms with E-state index < -0.39 is 6.04 Å². The zero-order chi connectivity index (χ0) is 22.1. The summed E-state index contributed by atoms with van der Waals surface area (Å²) < 4.78 is 6.70. The van der Waals surface area contributed by atoms with Crippen molar-refractivity contribution < 1.29 is 14.3 Å². The minimum Gasteiger partial charge on any atom is -0.494 e. The monoisotopic (exact) mass is 474 g/mol. The van der Waals surface area contributed by atoms with Gasteiger partial charge in [0.2, 0.25) is 11.8 Å². The fraction of sp³-hybridized carbons (Fsp3) is 0.417. The Kier molecular flexibility index (Phi) is 9.37. The van der Waals surface area contributed by atoms with Gasteiger partial charge in [-0.15, -0.1) is 0 Å². The van der Waals surface area contributed by atoms with Crippen LogP contribution in [0.2, 0.25) is 0 Å². The van der Waals surface area contributed by atoms with Crippen molar-refractivity contribution in [2.24, 2.45) is 0 Å². The van der Waals surface area contributed by atoms with Gasteiger partial charge in [0.25, 0.3) is 0 Å². The van der Waals surface area contributed by atoms with Gasteiger partial charge in [0.1, 0.15) is 11.8 Å². The Morgan fingerprint density at radius 1 is 1.03 bits per heavy atom. The molecule has 0 aromatic heterocycles. The second-order valence-electron chi connectivity index (χ2n) is 7.75. The summed E-state index contributed by atoms with van der Waals surface area (Å²) in [7, 11) is 0. The molecule has 6 heteroatoms. The molecule has 1 N–H and O–H groups in total. The first-order chi connectivity index (χ1) is 14.3. The highest BCUT2D eigenvalue weighted by Gasteiger charge is 2.26. The molecule has 2 aromatic rings. The van der Waals surface area contributed by atoms with Crippen molar-refractivity contribution in [3.8, 4) is 5.75 Å². The van der Waals surface area contributed by atoms with Crippen molar-refractivity contribution in [2.75, 3.05) is 6.61 Å². The van der Waals surface area contributed by atoms with E-state index in [1.54, 1.807) is 11.8 Å². The second kappa shape index (κ2) is 11.7. The molecule has 2 rings (SSSR count). The molecule has 2 aromatic carbocycles. The number of nitrogens with zero attached hydrogens (tertiary/aromatic N) is 1. The Bertz CT molecular complexity index is 819. The SMILES string of the molecule is Cc1ccc(OCCCC(=O)N(Cc2ccc(Br)cc2)[C@H](C)C(=O)NC(C)C)cc1. The minimum atomic E-state index is -0.554. The van der Waals surface area contributed by atoms with E-state index in [0.29, 0.717) is 26.0 Å². The molecular formula is C24H31BrN2O3. The van der Waals surface area contributed by atoms with Crippen LogP contribution in [0.3, 0.4) is 0 Å². The first kappa shape index (κ1) is 23.9. The highest BCUT2D eigenvalue weighted by Crippen LogP contribution is 2.16. The van der Waals surface area contributed by atoms with E-state index in [-0.39, 0.29) is 17.9 Å². The average molecular weight is 475 g/mol. The molecule has 1 atom stereocenters. The van der Waals surface area contributed by atoms with E-state index in [0.717, 1.165) is 15.8 Å². The summed E-state index contributed by atoms with van der Waals surface area (Å²) in [6.45, 7) is 8.46. The Morgan fingerprint density at radius 3 is 2.27 bits per heavy atom. The van der Waals surface area contributed by atoms with Crippen LogP contribution in [0.5, 0.6) is 5.75 Å². The van der Waals surface area contributed by atoms with Gasteiger partial charge in [0.05, 0.1) is 6.61 Å². The Hall–Kier alpha value is -2.34. The number of nitrogens with one attached hydrogen (secondary N) is 1. The van der Waals surface area contributed by atoms with Gasteiger partial charge in [-0.25, -0.2) is 0 Å².